The second-order valence-electron chi connectivity index (χ2n) is 4.02. The Morgan fingerprint density at radius 1 is 1.53 bits per heavy atom. The molecule has 6 nitrogen and oxygen atoms in total. The molecule has 0 atom stereocenters. The third-order valence-electron chi connectivity index (χ3n) is 2.02. The summed E-state index contributed by atoms with van der Waals surface area (Å²) in [5, 5.41) is 12.9. The average Bonchev–Trinajstić information content (AvgIpc) is 2.61. The Hall–Kier alpha value is -1.85. The summed E-state index contributed by atoms with van der Waals surface area (Å²) in [6.45, 7) is 6.25. The number of carboxylic acids is 1. The van der Waals surface area contributed by atoms with E-state index in [9.17, 15) is 9.59 Å². The molecule has 0 unspecified atom stereocenters. The summed E-state index contributed by atoms with van der Waals surface area (Å²) in [6, 6.07) is 1.24. The highest BCUT2D eigenvalue weighted by Crippen LogP contribution is 2.09. The zero-order valence-electron chi connectivity index (χ0n) is 10.1. The van der Waals surface area contributed by atoms with Gasteiger partial charge in [0.25, 0.3) is 0 Å². The minimum atomic E-state index is -1.10. The number of esters is 1. The predicted molar refractivity (Wildman–Crippen MR) is 60.0 cm³/mol. The van der Waals surface area contributed by atoms with Crippen LogP contribution in [0.25, 0.3) is 0 Å². The summed E-state index contributed by atoms with van der Waals surface area (Å²) < 4.78 is 6.09. The number of carbonyl (C=O) groups is 2. The number of carboxylic acid groups (broad SMARTS) is 1. The highest BCUT2D eigenvalue weighted by molar-refractivity contribution is 5.92. The lowest BCUT2D eigenvalue weighted by Gasteiger charge is -2.06. The summed E-state index contributed by atoms with van der Waals surface area (Å²) >= 11 is 0. The van der Waals surface area contributed by atoms with Crippen LogP contribution in [-0.4, -0.2) is 33.4 Å². The Morgan fingerprint density at radius 2 is 2.18 bits per heavy atom. The molecule has 1 rings (SSSR count). The van der Waals surface area contributed by atoms with Crippen LogP contribution < -0.4 is 0 Å². The van der Waals surface area contributed by atoms with Gasteiger partial charge in [0.05, 0.1) is 6.61 Å². The first-order valence-corrected chi connectivity index (χ1v) is 5.44. The van der Waals surface area contributed by atoms with Crippen molar-refractivity contribution in [1.29, 1.82) is 0 Å². The van der Waals surface area contributed by atoms with Crippen molar-refractivity contribution in [3.63, 3.8) is 0 Å². The Morgan fingerprint density at radius 3 is 2.65 bits per heavy atom. The average molecular weight is 240 g/mol. The molecular weight excluding hydrogens is 224 g/mol. The largest absolute Gasteiger partial charge is 0.477 e. The lowest BCUT2D eigenvalue weighted by molar-refractivity contribution is 0.0517. The smallest absolute Gasteiger partial charge is 0.358 e. The van der Waals surface area contributed by atoms with E-state index in [4.69, 9.17) is 9.84 Å². The summed E-state index contributed by atoms with van der Waals surface area (Å²) in [7, 11) is 0. The molecule has 0 fully saturated rings. The third kappa shape index (κ3) is 3.30. The SMILES string of the molecule is CCOC(=O)c1cc(C(=O)O)n(CC(C)C)n1. The maximum absolute atomic E-state index is 11.4. The van der Waals surface area contributed by atoms with Crippen LogP contribution in [0.15, 0.2) is 6.07 Å². The van der Waals surface area contributed by atoms with E-state index in [0.29, 0.717) is 6.54 Å². The van der Waals surface area contributed by atoms with Crippen molar-refractivity contribution >= 4 is 11.9 Å². The van der Waals surface area contributed by atoms with Gasteiger partial charge < -0.3 is 9.84 Å². The minimum absolute atomic E-state index is 0.00162. The van der Waals surface area contributed by atoms with Gasteiger partial charge in [0.2, 0.25) is 0 Å². The molecule has 17 heavy (non-hydrogen) atoms. The van der Waals surface area contributed by atoms with E-state index in [1.807, 2.05) is 13.8 Å². The number of nitrogens with zero attached hydrogens (tertiary/aromatic N) is 2. The minimum Gasteiger partial charge on any atom is -0.477 e. The van der Waals surface area contributed by atoms with Gasteiger partial charge in [-0.3, -0.25) is 4.68 Å². The van der Waals surface area contributed by atoms with E-state index in [0.717, 1.165) is 0 Å². The first kappa shape index (κ1) is 13.2. The van der Waals surface area contributed by atoms with Crippen molar-refractivity contribution in [2.75, 3.05) is 6.61 Å². The predicted octanol–water partition coefficient (Wildman–Crippen LogP) is 1.41. The maximum Gasteiger partial charge on any atom is 0.358 e. The molecule has 1 N–H and O–H groups in total. The Kier molecular flexibility index (Phi) is 4.25. The van der Waals surface area contributed by atoms with Gasteiger partial charge in [0.15, 0.2) is 5.69 Å². The molecule has 0 aliphatic rings. The lowest BCUT2D eigenvalue weighted by atomic mass is 10.2. The maximum atomic E-state index is 11.4. The highest BCUT2D eigenvalue weighted by Gasteiger charge is 2.19. The Labute approximate surface area is 99.2 Å². The van der Waals surface area contributed by atoms with Gasteiger partial charge in [-0.15, -0.1) is 0 Å². The zero-order chi connectivity index (χ0) is 13.0. The fourth-order valence-electron chi connectivity index (χ4n) is 1.38. The first-order valence-electron chi connectivity index (χ1n) is 5.44. The topological polar surface area (TPSA) is 81.4 Å². The normalized spacial score (nSPS) is 10.6. The number of hydrogen-bond donors (Lipinski definition) is 1. The van der Waals surface area contributed by atoms with Gasteiger partial charge in [-0.25, -0.2) is 9.59 Å². The van der Waals surface area contributed by atoms with E-state index < -0.39 is 11.9 Å². The Bertz CT molecular complexity index is 423. The molecule has 0 aliphatic heterocycles. The standard InChI is InChI=1S/C11H16N2O4/c1-4-17-11(16)8-5-9(10(14)15)13(12-8)6-7(2)3/h5,7H,4,6H2,1-3H3,(H,14,15). The second kappa shape index (κ2) is 5.47. The van der Waals surface area contributed by atoms with Crippen molar-refractivity contribution in [1.82, 2.24) is 9.78 Å². The van der Waals surface area contributed by atoms with Gasteiger partial charge in [-0.05, 0) is 12.8 Å². The van der Waals surface area contributed by atoms with E-state index in [1.54, 1.807) is 6.92 Å². The number of carbonyl (C=O) groups excluding carboxylic acids is 1. The molecule has 0 spiro atoms. The van der Waals surface area contributed by atoms with Crippen molar-refractivity contribution < 1.29 is 19.4 Å². The van der Waals surface area contributed by atoms with E-state index in [-0.39, 0.29) is 23.9 Å². The number of rotatable bonds is 5. The molecule has 94 valence electrons. The van der Waals surface area contributed by atoms with E-state index in [2.05, 4.69) is 5.10 Å². The van der Waals surface area contributed by atoms with E-state index >= 15 is 0 Å². The van der Waals surface area contributed by atoms with Crippen LogP contribution in [0.1, 0.15) is 41.7 Å². The van der Waals surface area contributed by atoms with Crippen LogP contribution in [0.5, 0.6) is 0 Å². The Balaban J connectivity index is 3.03. The van der Waals surface area contributed by atoms with E-state index in [1.165, 1.54) is 10.7 Å². The summed E-state index contributed by atoms with van der Waals surface area (Å²) in [6.07, 6.45) is 0. The van der Waals surface area contributed by atoms with Crippen molar-refractivity contribution in [2.24, 2.45) is 5.92 Å². The van der Waals surface area contributed by atoms with Crippen LogP contribution in [0.2, 0.25) is 0 Å². The molecule has 6 heteroatoms. The third-order valence-corrected chi connectivity index (χ3v) is 2.02. The van der Waals surface area contributed by atoms with Crippen LogP contribution in [-0.2, 0) is 11.3 Å². The van der Waals surface area contributed by atoms with Gasteiger partial charge in [0, 0.05) is 12.6 Å². The summed E-state index contributed by atoms with van der Waals surface area (Å²) in [5.74, 6) is -1.46. The highest BCUT2D eigenvalue weighted by atomic mass is 16.5. The van der Waals surface area contributed by atoms with Crippen molar-refractivity contribution in [3.8, 4) is 0 Å². The zero-order valence-corrected chi connectivity index (χ0v) is 10.1. The first-order chi connectivity index (χ1) is 7.95. The van der Waals surface area contributed by atoms with Gasteiger partial charge in [-0.1, -0.05) is 13.8 Å². The van der Waals surface area contributed by atoms with Crippen LogP contribution in [0, 0.1) is 5.92 Å². The lowest BCUT2D eigenvalue weighted by Crippen LogP contribution is -2.14. The molecule has 1 aromatic heterocycles. The van der Waals surface area contributed by atoms with Crippen LogP contribution in [0.4, 0.5) is 0 Å². The molecule has 0 radical (unpaired) electrons. The number of hydrogen-bond acceptors (Lipinski definition) is 4. The van der Waals surface area contributed by atoms with Crippen molar-refractivity contribution in [2.45, 2.75) is 27.3 Å². The molecule has 0 aliphatic carbocycles. The number of aromatic nitrogens is 2. The second-order valence-corrected chi connectivity index (χ2v) is 4.02. The monoisotopic (exact) mass is 240 g/mol. The fourth-order valence-corrected chi connectivity index (χ4v) is 1.38. The molecule has 0 bridgehead atoms. The van der Waals surface area contributed by atoms with Crippen LogP contribution >= 0.6 is 0 Å². The quantitative estimate of drug-likeness (QED) is 0.787. The van der Waals surface area contributed by atoms with Crippen molar-refractivity contribution in [3.05, 3.63) is 17.5 Å². The number of ether oxygens (including phenoxy) is 1. The van der Waals surface area contributed by atoms with Crippen LogP contribution in [0.3, 0.4) is 0 Å². The van der Waals surface area contributed by atoms with Gasteiger partial charge >= 0.3 is 11.9 Å². The molecule has 0 aromatic carbocycles. The van der Waals surface area contributed by atoms with Gasteiger partial charge in [0.1, 0.15) is 5.69 Å². The summed E-state index contributed by atoms with van der Waals surface area (Å²) in [4.78, 5) is 22.4. The molecular formula is C11H16N2O4. The summed E-state index contributed by atoms with van der Waals surface area (Å²) in [5.41, 5.74) is 0.0339. The fraction of sp³-hybridized carbons (Fsp3) is 0.545. The van der Waals surface area contributed by atoms with Gasteiger partial charge in [-0.2, -0.15) is 5.10 Å². The molecule has 0 saturated heterocycles. The molecule has 0 amide bonds. The molecule has 0 saturated carbocycles. The number of aromatic carboxylic acids is 1. The molecule has 1 aromatic rings. The molecule has 1 heterocycles.